The average Bonchev–Trinajstić information content (AvgIpc) is 2.30. The van der Waals surface area contributed by atoms with Crippen LogP contribution in [0.5, 0.6) is 0 Å². The molecule has 0 spiro atoms. The molecule has 0 aliphatic heterocycles. The van der Waals surface area contributed by atoms with Crippen LogP contribution in [0.3, 0.4) is 0 Å². The van der Waals surface area contributed by atoms with Gasteiger partial charge in [0.25, 0.3) is 0 Å². The largest absolute Gasteiger partial charge is 0.382 e. The Balaban J connectivity index is 3.36. The van der Waals surface area contributed by atoms with E-state index in [1.807, 2.05) is 0 Å². The molecule has 0 saturated carbocycles. The highest BCUT2D eigenvalue weighted by atomic mass is 16.5. The van der Waals surface area contributed by atoms with Gasteiger partial charge in [-0.25, -0.2) is 0 Å². The number of hydrogen-bond donors (Lipinski definition) is 1. The van der Waals surface area contributed by atoms with Crippen LogP contribution in [0, 0.1) is 0 Å². The van der Waals surface area contributed by atoms with Crippen LogP contribution in [0.1, 0.15) is 46.0 Å². The molecule has 0 aromatic carbocycles. The molecule has 0 aromatic heterocycles. The topological polar surface area (TPSA) is 30.5 Å². The highest BCUT2D eigenvalue weighted by Crippen LogP contribution is 2.03. The zero-order chi connectivity index (χ0) is 12.1. The molecule has 3 heteroatoms. The van der Waals surface area contributed by atoms with E-state index in [1.54, 1.807) is 7.11 Å². The minimum absolute atomic E-state index is 0.205. The number of ether oxygens (including phenoxy) is 2. The fraction of sp³-hybridized carbons (Fsp3) is 1.00. The molecule has 16 heavy (non-hydrogen) atoms. The van der Waals surface area contributed by atoms with Crippen molar-refractivity contribution < 1.29 is 9.47 Å². The van der Waals surface area contributed by atoms with Crippen molar-refractivity contribution in [2.75, 3.05) is 33.4 Å². The molecule has 1 unspecified atom stereocenters. The van der Waals surface area contributed by atoms with E-state index in [0.717, 1.165) is 19.7 Å². The number of unbranched alkanes of at least 4 members (excludes halogenated alkanes) is 4. The lowest BCUT2D eigenvalue weighted by molar-refractivity contribution is -0.00216. The molecule has 0 bridgehead atoms. The van der Waals surface area contributed by atoms with Gasteiger partial charge in [0.15, 0.2) is 0 Å². The maximum Gasteiger partial charge on any atom is 0.0932 e. The van der Waals surface area contributed by atoms with E-state index in [2.05, 4.69) is 19.2 Å². The van der Waals surface area contributed by atoms with E-state index in [-0.39, 0.29) is 6.10 Å². The van der Waals surface area contributed by atoms with Crippen molar-refractivity contribution in [2.45, 2.75) is 52.1 Å². The summed E-state index contributed by atoms with van der Waals surface area (Å²) in [5.41, 5.74) is 0. The van der Waals surface area contributed by atoms with Crippen molar-refractivity contribution in [3.8, 4) is 0 Å². The second-order valence-electron chi connectivity index (χ2n) is 4.17. The quantitative estimate of drug-likeness (QED) is 0.524. The molecular weight excluding hydrogens is 202 g/mol. The first-order chi connectivity index (χ1) is 7.85. The Morgan fingerprint density at radius 2 is 1.81 bits per heavy atom. The van der Waals surface area contributed by atoms with Crippen molar-refractivity contribution >= 4 is 0 Å². The van der Waals surface area contributed by atoms with Crippen LogP contribution in [0.25, 0.3) is 0 Å². The Hall–Kier alpha value is -0.120. The van der Waals surface area contributed by atoms with E-state index in [1.165, 1.54) is 32.1 Å². The first-order valence-corrected chi connectivity index (χ1v) is 6.66. The monoisotopic (exact) mass is 231 g/mol. The summed E-state index contributed by atoms with van der Waals surface area (Å²) in [5.74, 6) is 0. The first kappa shape index (κ1) is 15.9. The molecule has 0 aromatic rings. The van der Waals surface area contributed by atoms with Gasteiger partial charge < -0.3 is 14.8 Å². The van der Waals surface area contributed by atoms with Crippen LogP contribution in [-0.2, 0) is 9.47 Å². The van der Waals surface area contributed by atoms with Gasteiger partial charge in [0, 0.05) is 20.3 Å². The summed E-state index contributed by atoms with van der Waals surface area (Å²) >= 11 is 0. The van der Waals surface area contributed by atoms with Gasteiger partial charge in [-0.15, -0.1) is 0 Å². The highest BCUT2D eigenvalue weighted by Gasteiger charge is 2.07. The van der Waals surface area contributed by atoms with Gasteiger partial charge in [-0.05, 0) is 13.0 Å². The van der Waals surface area contributed by atoms with Crippen LogP contribution in [0.4, 0.5) is 0 Å². The van der Waals surface area contributed by atoms with E-state index < -0.39 is 0 Å². The Morgan fingerprint density at radius 1 is 1.06 bits per heavy atom. The molecule has 0 fully saturated rings. The number of rotatable bonds is 12. The smallest absolute Gasteiger partial charge is 0.0932 e. The van der Waals surface area contributed by atoms with Crippen molar-refractivity contribution in [1.29, 1.82) is 0 Å². The average molecular weight is 231 g/mol. The summed E-state index contributed by atoms with van der Waals surface area (Å²) in [4.78, 5) is 0. The minimum atomic E-state index is 0.205. The van der Waals surface area contributed by atoms with Crippen LogP contribution in [0.15, 0.2) is 0 Å². The molecule has 0 saturated heterocycles. The minimum Gasteiger partial charge on any atom is -0.382 e. The van der Waals surface area contributed by atoms with Gasteiger partial charge in [0.1, 0.15) is 0 Å². The maximum atomic E-state index is 5.78. The molecule has 0 aliphatic rings. The van der Waals surface area contributed by atoms with E-state index in [9.17, 15) is 0 Å². The second kappa shape index (κ2) is 12.9. The SMILES string of the molecule is CCCCCCCOC(CNCC)COC. The van der Waals surface area contributed by atoms with Gasteiger partial charge in [-0.2, -0.15) is 0 Å². The number of methoxy groups -OCH3 is 1. The molecule has 1 atom stereocenters. The number of nitrogens with one attached hydrogen (secondary N) is 1. The highest BCUT2D eigenvalue weighted by molar-refractivity contribution is 4.60. The fourth-order valence-corrected chi connectivity index (χ4v) is 1.61. The number of likely N-dealkylation sites (N-methyl/N-ethyl adjacent to an activating group) is 1. The predicted octanol–water partition coefficient (Wildman–Crippen LogP) is 2.60. The molecule has 0 aliphatic carbocycles. The zero-order valence-corrected chi connectivity index (χ0v) is 11.3. The Morgan fingerprint density at radius 3 is 2.44 bits per heavy atom. The van der Waals surface area contributed by atoms with Gasteiger partial charge >= 0.3 is 0 Å². The first-order valence-electron chi connectivity index (χ1n) is 6.66. The normalized spacial score (nSPS) is 12.9. The third-order valence-electron chi connectivity index (χ3n) is 2.58. The maximum absolute atomic E-state index is 5.78. The third kappa shape index (κ3) is 10.4. The summed E-state index contributed by atoms with van der Waals surface area (Å²) in [7, 11) is 1.73. The van der Waals surface area contributed by atoms with E-state index >= 15 is 0 Å². The zero-order valence-electron chi connectivity index (χ0n) is 11.3. The molecule has 98 valence electrons. The molecule has 0 rings (SSSR count). The van der Waals surface area contributed by atoms with Crippen molar-refractivity contribution in [1.82, 2.24) is 5.32 Å². The van der Waals surface area contributed by atoms with Crippen LogP contribution >= 0.6 is 0 Å². The lowest BCUT2D eigenvalue weighted by atomic mass is 10.2. The van der Waals surface area contributed by atoms with Gasteiger partial charge in [0.05, 0.1) is 12.7 Å². The summed E-state index contributed by atoms with van der Waals surface area (Å²) in [6, 6.07) is 0. The molecule has 3 nitrogen and oxygen atoms in total. The van der Waals surface area contributed by atoms with Gasteiger partial charge in [-0.1, -0.05) is 39.5 Å². The third-order valence-corrected chi connectivity index (χ3v) is 2.58. The van der Waals surface area contributed by atoms with Crippen LogP contribution < -0.4 is 5.32 Å². The molecule has 0 radical (unpaired) electrons. The molecule has 0 amide bonds. The summed E-state index contributed by atoms with van der Waals surface area (Å²) in [6.07, 6.45) is 6.64. The Kier molecular flexibility index (Phi) is 12.9. The summed E-state index contributed by atoms with van der Waals surface area (Å²) in [6.45, 7) is 7.76. The van der Waals surface area contributed by atoms with Gasteiger partial charge in [-0.3, -0.25) is 0 Å². The summed E-state index contributed by atoms with van der Waals surface area (Å²) < 4.78 is 10.9. The lowest BCUT2D eigenvalue weighted by Crippen LogP contribution is -2.32. The van der Waals surface area contributed by atoms with Crippen molar-refractivity contribution in [2.24, 2.45) is 0 Å². The Labute approximate surface area is 101 Å². The van der Waals surface area contributed by atoms with Crippen molar-refractivity contribution in [3.63, 3.8) is 0 Å². The molecule has 0 heterocycles. The van der Waals surface area contributed by atoms with E-state index in [4.69, 9.17) is 9.47 Å². The van der Waals surface area contributed by atoms with Crippen LogP contribution in [-0.4, -0.2) is 39.5 Å². The van der Waals surface area contributed by atoms with E-state index in [0.29, 0.717) is 6.61 Å². The van der Waals surface area contributed by atoms with Gasteiger partial charge in [0.2, 0.25) is 0 Å². The molecule has 1 N–H and O–H groups in total. The number of hydrogen-bond acceptors (Lipinski definition) is 3. The summed E-state index contributed by atoms with van der Waals surface area (Å²) in [5, 5.41) is 3.29. The van der Waals surface area contributed by atoms with Crippen molar-refractivity contribution in [3.05, 3.63) is 0 Å². The predicted molar refractivity (Wildman–Crippen MR) is 68.9 cm³/mol. The second-order valence-corrected chi connectivity index (χ2v) is 4.17. The standard InChI is InChI=1S/C13H29NO2/c1-4-6-7-8-9-10-16-13(12-15-3)11-14-5-2/h13-14H,4-12H2,1-3H3. The Bertz CT molecular complexity index is 131. The van der Waals surface area contributed by atoms with Crippen LogP contribution in [0.2, 0.25) is 0 Å². The molecular formula is C13H29NO2. The fourth-order valence-electron chi connectivity index (χ4n) is 1.61. The lowest BCUT2D eigenvalue weighted by Gasteiger charge is -2.17.